The number of carbonyl (C=O) groups excluding carboxylic acids is 1. The Bertz CT molecular complexity index is 688. The third-order valence-electron chi connectivity index (χ3n) is 2.58. The fraction of sp³-hybridized carbons (Fsp3) is 0.231. The summed E-state index contributed by atoms with van der Waals surface area (Å²) in [4.78, 5) is 15.6. The number of methoxy groups -OCH3 is 1. The van der Waals surface area contributed by atoms with E-state index in [9.17, 15) is 18.0 Å². The van der Waals surface area contributed by atoms with Crippen LogP contribution in [0.15, 0.2) is 28.9 Å². The molecular formula is C13H9BrF3NO3. The van der Waals surface area contributed by atoms with E-state index in [4.69, 9.17) is 0 Å². The summed E-state index contributed by atoms with van der Waals surface area (Å²) in [6.45, 7) is -1.39. The molecule has 8 heteroatoms. The minimum absolute atomic E-state index is 0.0318. The van der Waals surface area contributed by atoms with Gasteiger partial charge < -0.3 is 9.47 Å². The monoisotopic (exact) mass is 363 g/mol. The van der Waals surface area contributed by atoms with Gasteiger partial charge in [-0.05, 0) is 34.1 Å². The normalized spacial score (nSPS) is 11.5. The molecular weight excluding hydrogens is 355 g/mol. The SMILES string of the molecule is COC(=O)c1cnc2ccc(OCC(F)(F)F)cc2c1Br. The van der Waals surface area contributed by atoms with Crippen LogP contribution < -0.4 is 4.74 Å². The molecule has 0 atom stereocenters. The lowest BCUT2D eigenvalue weighted by Crippen LogP contribution is -2.19. The Kier molecular flexibility index (Phi) is 4.36. The number of nitrogens with zero attached hydrogens (tertiary/aromatic N) is 1. The Morgan fingerprint density at radius 3 is 2.71 bits per heavy atom. The number of aromatic nitrogens is 1. The summed E-state index contributed by atoms with van der Waals surface area (Å²) in [5.74, 6) is -0.567. The fourth-order valence-electron chi connectivity index (χ4n) is 1.65. The predicted octanol–water partition coefficient (Wildman–Crippen LogP) is 3.73. The van der Waals surface area contributed by atoms with E-state index in [2.05, 4.69) is 30.4 Å². The average molecular weight is 364 g/mol. The van der Waals surface area contributed by atoms with Crippen molar-refractivity contribution < 1.29 is 27.4 Å². The van der Waals surface area contributed by atoms with Crippen LogP contribution in [-0.2, 0) is 4.74 Å². The van der Waals surface area contributed by atoms with Gasteiger partial charge in [0.25, 0.3) is 0 Å². The van der Waals surface area contributed by atoms with Gasteiger partial charge in [0.1, 0.15) is 5.75 Å². The highest BCUT2D eigenvalue weighted by atomic mass is 79.9. The molecule has 0 saturated heterocycles. The number of ether oxygens (including phenoxy) is 2. The van der Waals surface area contributed by atoms with Crippen molar-refractivity contribution in [2.24, 2.45) is 0 Å². The Balaban J connectivity index is 2.41. The molecule has 2 aromatic rings. The molecule has 0 aliphatic heterocycles. The predicted molar refractivity (Wildman–Crippen MR) is 72.3 cm³/mol. The Labute approximate surface area is 126 Å². The highest BCUT2D eigenvalue weighted by molar-refractivity contribution is 9.10. The van der Waals surface area contributed by atoms with E-state index in [-0.39, 0.29) is 11.3 Å². The van der Waals surface area contributed by atoms with Crippen molar-refractivity contribution in [2.75, 3.05) is 13.7 Å². The van der Waals surface area contributed by atoms with Crippen LogP contribution in [-0.4, -0.2) is 30.8 Å². The standard InChI is InChI=1S/C13H9BrF3NO3/c1-20-12(19)9-5-18-10-3-2-7(4-8(10)11(9)14)21-6-13(15,16)17/h2-5H,6H2,1H3. The molecule has 0 bridgehead atoms. The lowest BCUT2D eigenvalue weighted by atomic mass is 10.1. The summed E-state index contributed by atoms with van der Waals surface area (Å²) < 4.78 is 46.1. The highest BCUT2D eigenvalue weighted by Gasteiger charge is 2.28. The fourth-order valence-corrected chi connectivity index (χ4v) is 2.23. The van der Waals surface area contributed by atoms with Crippen molar-refractivity contribution in [3.8, 4) is 5.75 Å². The third kappa shape index (κ3) is 3.63. The van der Waals surface area contributed by atoms with Gasteiger partial charge in [-0.15, -0.1) is 0 Å². The zero-order valence-corrected chi connectivity index (χ0v) is 12.3. The molecule has 0 spiro atoms. The number of halogens is 4. The quantitative estimate of drug-likeness (QED) is 0.779. The number of benzene rings is 1. The molecule has 1 heterocycles. The Hall–Kier alpha value is -1.83. The molecule has 1 aromatic carbocycles. The van der Waals surface area contributed by atoms with Gasteiger partial charge in [0.2, 0.25) is 0 Å². The third-order valence-corrected chi connectivity index (χ3v) is 3.44. The summed E-state index contributed by atoms with van der Waals surface area (Å²) >= 11 is 3.23. The molecule has 0 aliphatic rings. The van der Waals surface area contributed by atoms with E-state index < -0.39 is 18.8 Å². The molecule has 0 aliphatic carbocycles. The summed E-state index contributed by atoms with van der Waals surface area (Å²) in [7, 11) is 1.22. The number of esters is 1. The second-order valence-electron chi connectivity index (χ2n) is 4.06. The van der Waals surface area contributed by atoms with Crippen LogP contribution in [0.3, 0.4) is 0 Å². The second-order valence-corrected chi connectivity index (χ2v) is 4.85. The van der Waals surface area contributed by atoms with Gasteiger partial charge in [-0.25, -0.2) is 4.79 Å². The topological polar surface area (TPSA) is 48.4 Å². The Morgan fingerprint density at radius 2 is 2.10 bits per heavy atom. The minimum Gasteiger partial charge on any atom is -0.484 e. The van der Waals surface area contributed by atoms with E-state index in [1.165, 1.54) is 31.5 Å². The zero-order chi connectivity index (χ0) is 15.6. The van der Waals surface area contributed by atoms with Crippen molar-refractivity contribution in [3.63, 3.8) is 0 Å². The minimum atomic E-state index is -4.42. The second kappa shape index (κ2) is 5.88. The van der Waals surface area contributed by atoms with Crippen molar-refractivity contribution in [3.05, 3.63) is 34.4 Å². The first-order chi connectivity index (χ1) is 9.81. The number of fused-ring (bicyclic) bond motifs is 1. The van der Waals surface area contributed by atoms with Crippen LogP contribution in [0.25, 0.3) is 10.9 Å². The molecule has 1 aromatic heterocycles. The van der Waals surface area contributed by atoms with Gasteiger partial charge in [0, 0.05) is 16.1 Å². The van der Waals surface area contributed by atoms with Crippen LogP contribution in [0.5, 0.6) is 5.75 Å². The summed E-state index contributed by atoms with van der Waals surface area (Å²) in [6, 6.07) is 4.27. The smallest absolute Gasteiger partial charge is 0.422 e. The first-order valence-corrected chi connectivity index (χ1v) is 6.47. The van der Waals surface area contributed by atoms with Crippen molar-refractivity contribution in [1.29, 1.82) is 0 Å². The van der Waals surface area contributed by atoms with E-state index in [0.29, 0.717) is 15.4 Å². The lowest BCUT2D eigenvalue weighted by molar-refractivity contribution is -0.153. The maximum absolute atomic E-state index is 12.1. The number of hydrogen-bond acceptors (Lipinski definition) is 4. The number of carbonyl (C=O) groups is 1. The number of alkyl halides is 3. The van der Waals surface area contributed by atoms with Crippen LogP contribution in [0.4, 0.5) is 13.2 Å². The number of rotatable bonds is 3. The molecule has 21 heavy (non-hydrogen) atoms. The van der Waals surface area contributed by atoms with Gasteiger partial charge in [-0.1, -0.05) is 0 Å². The molecule has 4 nitrogen and oxygen atoms in total. The molecule has 0 unspecified atom stereocenters. The molecule has 2 rings (SSSR count). The van der Waals surface area contributed by atoms with Crippen molar-refractivity contribution in [1.82, 2.24) is 4.98 Å². The highest BCUT2D eigenvalue weighted by Crippen LogP contribution is 2.30. The number of pyridine rings is 1. The van der Waals surface area contributed by atoms with Crippen LogP contribution >= 0.6 is 15.9 Å². The maximum atomic E-state index is 12.1. The van der Waals surface area contributed by atoms with Crippen LogP contribution in [0.2, 0.25) is 0 Å². The van der Waals surface area contributed by atoms with Crippen molar-refractivity contribution >= 4 is 32.8 Å². The molecule has 0 fully saturated rings. The van der Waals surface area contributed by atoms with E-state index in [1.54, 1.807) is 0 Å². The van der Waals surface area contributed by atoms with Crippen LogP contribution in [0, 0.1) is 0 Å². The van der Waals surface area contributed by atoms with Gasteiger partial charge in [0.15, 0.2) is 6.61 Å². The molecule has 112 valence electrons. The first-order valence-electron chi connectivity index (χ1n) is 5.68. The molecule has 0 amide bonds. The van der Waals surface area contributed by atoms with E-state index in [0.717, 1.165) is 0 Å². The number of hydrogen-bond donors (Lipinski definition) is 0. The van der Waals surface area contributed by atoms with Gasteiger partial charge in [0.05, 0.1) is 18.2 Å². The molecule has 0 N–H and O–H groups in total. The summed E-state index contributed by atoms with van der Waals surface area (Å²) in [5.41, 5.74) is 0.687. The summed E-state index contributed by atoms with van der Waals surface area (Å²) in [6.07, 6.45) is -3.09. The largest absolute Gasteiger partial charge is 0.484 e. The average Bonchev–Trinajstić information content (AvgIpc) is 2.44. The molecule has 0 saturated carbocycles. The lowest BCUT2D eigenvalue weighted by Gasteiger charge is -2.11. The van der Waals surface area contributed by atoms with Gasteiger partial charge in [-0.2, -0.15) is 13.2 Å². The van der Waals surface area contributed by atoms with Crippen LogP contribution in [0.1, 0.15) is 10.4 Å². The molecule has 0 radical (unpaired) electrons. The maximum Gasteiger partial charge on any atom is 0.422 e. The van der Waals surface area contributed by atoms with Gasteiger partial charge in [-0.3, -0.25) is 4.98 Å². The van der Waals surface area contributed by atoms with Crippen molar-refractivity contribution in [2.45, 2.75) is 6.18 Å². The zero-order valence-electron chi connectivity index (χ0n) is 10.7. The van der Waals surface area contributed by atoms with E-state index >= 15 is 0 Å². The first kappa shape index (κ1) is 15.6. The summed E-state index contributed by atoms with van der Waals surface area (Å²) in [5, 5.41) is 0.456. The van der Waals surface area contributed by atoms with Gasteiger partial charge >= 0.3 is 12.1 Å². The van der Waals surface area contributed by atoms with E-state index in [1.807, 2.05) is 0 Å². The Morgan fingerprint density at radius 1 is 1.38 bits per heavy atom.